The van der Waals surface area contributed by atoms with Gasteiger partial charge in [0.25, 0.3) is 0 Å². The molecule has 1 saturated heterocycles. The van der Waals surface area contributed by atoms with Crippen LogP contribution < -0.4 is 10.1 Å². The largest absolute Gasteiger partial charge is 0.462 e. The normalized spacial score (nSPS) is 27.0. The summed E-state index contributed by atoms with van der Waals surface area (Å²) in [7, 11) is 0. The summed E-state index contributed by atoms with van der Waals surface area (Å²) in [6.07, 6.45) is -4.86. The van der Waals surface area contributed by atoms with Crippen LogP contribution in [0.1, 0.15) is 0 Å². The van der Waals surface area contributed by atoms with Crippen LogP contribution in [-0.2, 0) is 4.74 Å². The predicted octanol–water partition coefficient (Wildman–Crippen LogP) is 1.16. The van der Waals surface area contributed by atoms with Crippen LogP contribution in [0.2, 0.25) is 0 Å². The third-order valence-corrected chi connectivity index (χ3v) is 4.89. The fourth-order valence-corrected chi connectivity index (χ4v) is 3.27. The van der Waals surface area contributed by atoms with Crippen LogP contribution in [-0.4, -0.2) is 62.7 Å². The first kappa shape index (κ1) is 19.6. The number of rotatable bonds is 5. The molecule has 1 aliphatic rings. The molecule has 0 amide bonds. The molecule has 4 rings (SSSR count). The molecule has 0 saturated carbocycles. The van der Waals surface area contributed by atoms with Crippen LogP contribution in [0.4, 0.5) is 11.5 Å². The molecular weight excluding hydrogens is 376 g/mol. The molecule has 3 aromatic rings. The van der Waals surface area contributed by atoms with E-state index in [-0.39, 0.29) is 0 Å². The highest BCUT2D eigenvalue weighted by molar-refractivity contribution is 5.93. The Bertz CT molecular complexity index is 960. The zero-order valence-corrected chi connectivity index (χ0v) is 15.4. The van der Waals surface area contributed by atoms with Gasteiger partial charge in [0.15, 0.2) is 0 Å². The molecule has 0 bridgehead atoms. The number of ether oxygens (including phenoxy) is 2. The molecule has 5 atom stereocenters. The average molecular weight is 398 g/mol. The molecule has 8 heteroatoms. The number of hydrogen-bond donors (Lipinski definition) is 5. The zero-order valence-electron chi connectivity index (χ0n) is 15.4. The molecular formula is C21H22N2O6. The number of aliphatic hydroxyl groups excluding tert-OH is 4. The maximum atomic E-state index is 10.1. The third kappa shape index (κ3) is 4.02. The van der Waals surface area contributed by atoms with E-state index in [4.69, 9.17) is 9.47 Å². The topological polar surface area (TPSA) is 124 Å². The first-order valence-corrected chi connectivity index (χ1v) is 9.25. The highest BCUT2D eigenvalue weighted by Gasteiger charge is 2.44. The van der Waals surface area contributed by atoms with Gasteiger partial charge >= 0.3 is 0 Å². The minimum atomic E-state index is -1.48. The quantitative estimate of drug-likeness (QED) is 0.434. The van der Waals surface area contributed by atoms with E-state index in [0.717, 1.165) is 22.3 Å². The fraction of sp³-hybridized carbons (Fsp3) is 0.286. The van der Waals surface area contributed by atoms with E-state index in [1.54, 1.807) is 30.5 Å². The van der Waals surface area contributed by atoms with Crippen molar-refractivity contribution in [1.29, 1.82) is 0 Å². The lowest BCUT2D eigenvalue weighted by atomic mass is 9.99. The Morgan fingerprint density at radius 2 is 1.69 bits per heavy atom. The smallest absolute Gasteiger partial charge is 0.229 e. The van der Waals surface area contributed by atoms with Gasteiger partial charge in [-0.15, -0.1) is 0 Å². The van der Waals surface area contributed by atoms with E-state index in [1.165, 1.54) is 0 Å². The van der Waals surface area contributed by atoms with E-state index in [9.17, 15) is 20.4 Å². The van der Waals surface area contributed by atoms with Gasteiger partial charge in [-0.2, -0.15) is 0 Å². The molecule has 1 fully saturated rings. The van der Waals surface area contributed by atoms with Gasteiger partial charge in [-0.25, -0.2) is 4.98 Å². The highest BCUT2D eigenvalue weighted by atomic mass is 16.7. The van der Waals surface area contributed by atoms with E-state index in [2.05, 4.69) is 10.3 Å². The Balaban J connectivity index is 1.47. The van der Waals surface area contributed by atoms with Crippen molar-refractivity contribution in [3.8, 4) is 5.75 Å². The summed E-state index contributed by atoms with van der Waals surface area (Å²) < 4.78 is 10.9. The molecule has 1 aliphatic heterocycles. The van der Waals surface area contributed by atoms with Crippen molar-refractivity contribution in [3.05, 3.63) is 60.8 Å². The van der Waals surface area contributed by atoms with E-state index in [0.29, 0.717) is 5.75 Å². The molecule has 152 valence electrons. The van der Waals surface area contributed by atoms with Gasteiger partial charge in [0, 0.05) is 17.3 Å². The lowest BCUT2D eigenvalue weighted by molar-refractivity contribution is -0.277. The van der Waals surface area contributed by atoms with Crippen molar-refractivity contribution in [2.24, 2.45) is 0 Å². The molecule has 0 radical (unpaired) electrons. The molecule has 0 unspecified atom stereocenters. The Morgan fingerprint density at radius 3 is 2.45 bits per heavy atom. The number of nitrogens with zero attached hydrogens (tertiary/aromatic N) is 1. The van der Waals surface area contributed by atoms with Gasteiger partial charge in [-0.05, 0) is 35.7 Å². The second kappa shape index (κ2) is 8.32. The van der Waals surface area contributed by atoms with Crippen LogP contribution in [0.15, 0.2) is 60.8 Å². The molecule has 1 aromatic heterocycles. The van der Waals surface area contributed by atoms with E-state index >= 15 is 0 Å². The number of benzene rings is 2. The number of fused-ring (bicyclic) bond motifs is 1. The number of hydrogen-bond acceptors (Lipinski definition) is 8. The summed E-state index contributed by atoms with van der Waals surface area (Å²) in [5.41, 5.74) is 0.787. The molecule has 29 heavy (non-hydrogen) atoms. The minimum Gasteiger partial charge on any atom is -0.462 e. The second-order valence-corrected chi connectivity index (χ2v) is 6.85. The highest BCUT2D eigenvalue weighted by Crippen LogP contribution is 2.27. The van der Waals surface area contributed by atoms with Crippen LogP contribution >= 0.6 is 0 Å². The lowest BCUT2D eigenvalue weighted by Crippen LogP contribution is -2.60. The monoisotopic (exact) mass is 398 g/mol. The van der Waals surface area contributed by atoms with Gasteiger partial charge in [0.1, 0.15) is 36.0 Å². The number of anilines is 2. The summed E-state index contributed by atoms with van der Waals surface area (Å²) in [4.78, 5) is 4.39. The number of nitrogens with one attached hydrogen (secondary N) is 1. The standard InChI is InChI=1S/C21H22N2O6/c24-11-16-17(25)18(26)19(27)21(29-16)28-14-7-5-13(6-8-14)23-20-15-4-2-1-3-12(15)9-10-22-20/h1-10,16-19,21,24-27H,11H2,(H,22,23)/t16-,17+,18+,19-,21-/m1/s1. The van der Waals surface area contributed by atoms with E-state index < -0.39 is 37.3 Å². The zero-order chi connectivity index (χ0) is 20.4. The van der Waals surface area contributed by atoms with Crippen LogP contribution in [0.25, 0.3) is 10.8 Å². The molecule has 0 aliphatic carbocycles. The van der Waals surface area contributed by atoms with Crippen LogP contribution in [0, 0.1) is 0 Å². The van der Waals surface area contributed by atoms with E-state index in [1.807, 2.05) is 30.3 Å². The first-order valence-electron chi connectivity index (χ1n) is 9.25. The van der Waals surface area contributed by atoms with Gasteiger partial charge in [-0.1, -0.05) is 24.3 Å². The number of aromatic nitrogens is 1. The van der Waals surface area contributed by atoms with Crippen LogP contribution in [0.3, 0.4) is 0 Å². The fourth-order valence-electron chi connectivity index (χ4n) is 3.27. The Hall–Kier alpha value is -2.75. The maximum Gasteiger partial charge on any atom is 0.229 e. The molecule has 2 aromatic carbocycles. The Labute approximate surface area is 167 Å². The maximum absolute atomic E-state index is 10.1. The molecule has 5 N–H and O–H groups in total. The molecule has 8 nitrogen and oxygen atoms in total. The van der Waals surface area contributed by atoms with Gasteiger partial charge < -0.3 is 35.2 Å². The van der Waals surface area contributed by atoms with Crippen molar-refractivity contribution in [1.82, 2.24) is 4.98 Å². The Morgan fingerprint density at radius 1 is 0.931 bits per heavy atom. The molecule has 0 spiro atoms. The van der Waals surface area contributed by atoms with Crippen molar-refractivity contribution < 1.29 is 29.9 Å². The summed E-state index contributed by atoms with van der Waals surface area (Å²) in [5.74, 6) is 1.12. The summed E-state index contributed by atoms with van der Waals surface area (Å²) in [5, 5.41) is 44.3. The van der Waals surface area contributed by atoms with Gasteiger partial charge in [0.05, 0.1) is 6.61 Å². The lowest BCUT2D eigenvalue weighted by Gasteiger charge is -2.39. The second-order valence-electron chi connectivity index (χ2n) is 6.85. The summed E-state index contributed by atoms with van der Waals surface area (Å²) in [6.45, 7) is -0.508. The van der Waals surface area contributed by atoms with Crippen molar-refractivity contribution in [3.63, 3.8) is 0 Å². The minimum absolute atomic E-state index is 0.394. The predicted molar refractivity (Wildman–Crippen MR) is 106 cm³/mol. The third-order valence-electron chi connectivity index (χ3n) is 4.89. The summed E-state index contributed by atoms with van der Waals surface area (Å²) in [6, 6.07) is 16.8. The average Bonchev–Trinajstić information content (AvgIpc) is 2.75. The number of aliphatic hydroxyl groups is 4. The van der Waals surface area contributed by atoms with Crippen molar-refractivity contribution in [2.45, 2.75) is 30.7 Å². The first-order chi connectivity index (χ1) is 14.1. The van der Waals surface area contributed by atoms with Gasteiger partial charge in [-0.3, -0.25) is 0 Å². The summed E-state index contributed by atoms with van der Waals surface area (Å²) >= 11 is 0. The SMILES string of the molecule is OC[C@H]1O[C@@H](Oc2ccc(Nc3nccc4ccccc34)cc2)[C@H](O)[C@@H](O)[C@H]1O. The van der Waals surface area contributed by atoms with Gasteiger partial charge in [0.2, 0.25) is 6.29 Å². The molecule has 2 heterocycles. The van der Waals surface area contributed by atoms with Crippen LogP contribution in [0.5, 0.6) is 5.75 Å². The van der Waals surface area contributed by atoms with Crippen molar-refractivity contribution in [2.75, 3.05) is 11.9 Å². The van der Waals surface area contributed by atoms with Crippen molar-refractivity contribution >= 4 is 22.3 Å². The Kier molecular flexibility index (Phi) is 5.61. The number of pyridine rings is 1.